The summed E-state index contributed by atoms with van der Waals surface area (Å²) in [6.45, 7) is 3.24. The summed E-state index contributed by atoms with van der Waals surface area (Å²) in [7, 11) is 3.05. The van der Waals surface area contributed by atoms with Crippen molar-refractivity contribution >= 4 is 11.6 Å². The molecule has 1 N–H and O–H groups in total. The summed E-state index contributed by atoms with van der Waals surface area (Å²) in [4.78, 5) is 14.1. The molecular formula is C20H23F3N2O2. The second kappa shape index (κ2) is 7.90. The fourth-order valence-electron chi connectivity index (χ4n) is 2.83. The van der Waals surface area contributed by atoms with E-state index in [0.717, 1.165) is 6.07 Å². The van der Waals surface area contributed by atoms with E-state index in [4.69, 9.17) is 4.74 Å². The van der Waals surface area contributed by atoms with Gasteiger partial charge in [0.1, 0.15) is 11.3 Å². The standard InChI is InChI=1S/C20H23F3N2O2/c1-19(2,24-15-9-11-16(27-4)12-10-15)18(26)25(3)13-14-7-5-6-8-17(14)20(21,22)23/h5-12,24H,13H2,1-4H3. The minimum Gasteiger partial charge on any atom is -0.497 e. The van der Waals surface area contributed by atoms with Crippen molar-refractivity contribution in [2.75, 3.05) is 19.5 Å². The predicted molar refractivity (Wildman–Crippen MR) is 98.6 cm³/mol. The Morgan fingerprint density at radius 1 is 1.07 bits per heavy atom. The van der Waals surface area contributed by atoms with E-state index in [-0.39, 0.29) is 18.0 Å². The van der Waals surface area contributed by atoms with Gasteiger partial charge in [-0.05, 0) is 49.7 Å². The van der Waals surface area contributed by atoms with Gasteiger partial charge in [0.2, 0.25) is 5.91 Å². The fraction of sp³-hybridized carbons (Fsp3) is 0.350. The molecule has 0 fully saturated rings. The first-order valence-electron chi connectivity index (χ1n) is 8.37. The van der Waals surface area contributed by atoms with Crippen LogP contribution in [0.15, 0.2) is 48.5 Å². The lowest BCUT2D eigenvalue weighted by Gasteiger charge is -2.31. The number of benzene rings is 2. The third kappa shape index (κ3) is 5.15. The summed E-state index contributed by atoms with van der Waals surface area (Å²) >= 11 is 0. The molecule has 146 valence electrons. The van der Waals surface area contributed by atoms with Crippen LogP contribution < -0.4 is 10.1 Å². The molecule has 0 bridgehead atoms. The lowest BCUT2D eigenvalue weighted by atomic mass is 10.0. The van der Waals surface area contributed by atoms with Crippen LogP contribution in [0.2, 0.25) is 0 Å². The second-order valence-corrected chi connectivity index (χ2v) is 6.79. The van der Waals surface area contributed by atoms with E-state index in [0.29, 0.717) is 11.4 Å². The summed E-state index contributed by atoms with van der Waals surface area (Å²) in [6, 6.07) is 12.3. The molecule has 0 radical (unpaired) electrons. The van der Waals surface area contributed by atoms with Gasteiger partial charge in [-0.15, -0.1) is 0 Å². The van der Waals surface area contributed by atoms with E-state index in [9.17, 15) is 18.0 Å². The highest BCUT2D eigenvalue weighted by molar-refractivity contribution is 5.88. The molecular weight excluding hydrogens is 357 g/mol. The van der Waals surface area contributed by atoms with Gasteiger partial charge in [0.05, 0.1) is 12.7 Å². The second-order valence-electron chi connectivity index (χ2n) is 6.79. The van der Waals surface area contributed by atoms with Crippen molar-refractivity contribution < 1.29 is 22.7 Å². The van der Waals surface area contributed by atoms with Gasteiger partial charge in [0, 0.05) is 19.3 Å². The molecule has 0 saturated carbocycles. The SMILES string of the molecule is COc1ccc(NC(C)(C)C(=O)N(C)Cc2ccccc2C(F)(F)F)cc1. The molecule has 0 atom stereocenters. The minimum absolute atomic E-state index is 0.0566. The summed E-state index contributed by atoms with van der Waals surface area (Å²) in [6.07, 6.45) is -4.46. The van der Waals surface area contributed by atoms with Gasteiger partial charge in [-0.2, -0.15) is 13.2 Å². The number of methoxy groups -OCH3 is 1. The fourth-order valence-corrected chi connectivity index (χ4v) is 2.83. The maximum absolute atomic E-state index is 13.2. The van der Waals surface area contributed by atoms with Gasteiger partial charge in [0.15, 0.2) is 0 Å². The molecule has 0 aromatic heterocycles. The number of hydrogen-bond donors (Lipinski definition) is 1. The van der Waals surface area contributed by atoms with E-state index in [1.54, 1.807) is 45.2 Å². The average molecular weight is 380 g/mol. The number of likely N-dealkylation sites (N-methyl/N-ethyl adjacent to an activating group) is 1. The van der Waals surface area contributed by atoms with Crippen molar-refractivity contribution in [3.05, 3.63) is 59.7 Å². The molecule has 2 aromatic rings. The quantitative estimate of drug-likeness (QED) is 0.799. The zero-order valence-electron chi connectivity index (χ0n) is 15.7. The van der Waals surface area contributed by atoms with Gasteiger partial charge in [-0.25, -0.2) is 0 Å². The van der Waals surface area contributed by atoms with Gasteiger partial charge in [-0.1, -0.05) is 18.2 Å². The Balaban J connectivity index is 2.13. The maximum atomic E-state index is 13.2. The zero-order chi connectivity index (χ0) is 20.2. The Hall–Kier alpha value is -2.70. The summed E-state index contributed by atoms with van der Waals surface area (Å²) in [5.41, 5.74) is -0.971. The number of ether oxygens (including phenoxy) is 1. The number of nitrogens with one attached hydrogen (secondary N) is 1. The molecule has 0 saturated heterocycles. The van der Waals surface area contributed by atoms with Crippen molar-refractivity contribution in [3.8, 4) is 5.75 Å². The van der Waals surface area contributed by atoms with E-state index >= 15 is 0 Å². The third-order valence-electron chi connectivity index (χ3n) is 4.16. The Labute approximate surface area is 156 Å². The molecule has 0 aliphatic heterocycles. The van der Waals surface area contributed by atoms with Gasteiger partial charge < -0.3 is 15.0 Å². The number of amides is 1. The molecule has 0 heterocycles. The molecule has 1 amide bonds. The van der Waals surface area contributed by atoms with Crippen LogP contribution in [0.3, 0.4) is 0 Å². The van der Waals surface area contributed by atoms with Crippen LogP contribution in [-0.2, 0) is 17.5 Å². The first kappa shape index (κ1) is 20.6. The topological polar surface area (TPSA) is 41.6 Å². The maximum Gasteiger partial charge on any atom is 0.416 e. The van der Waals surface area contributed by atoms with E-state index < -0.39 is 17.3 Å². The van der Waals surface area contributed by atoms with Crippen LogP contribution >= 0.6 is 0 Å². The number of alkyl halides is 3. The number of rotatable bonds is 6. The number of carbonyl (C=O) groups excluding carboxylic acids is 1. The van der Waals surface area contributed by atoms with Gasteiger partial charge in [-0.3, -0.25) is 4.79 Å². The Morgan fingerprint density at radius 3 is 2.22 bits per heavy atom. The molecule has 27 heavy (non-hydrogen) atoms. The van der Waals surface area contributed by atoms with Crippen molar-refractivity contribution in [2.45, 2.75) is 32.1 Å². The minimum atomic E-state index is -4.46. The Morgan fingerprint density at radius 2 is 1.67 bits per heavy atom. The number of carbonyl (C=O) groups is 1. The highest BCUT2D eigenvalue weighted by atomic mass is 19.4. The van der Waals surface area contributed by atoms with Crippen molar-refractivity contribution in [2.24, 2.45) is 0 Å². The monoisotopic (exact) mass is 380 g/mol. The molecule has 7 heteroatoms. The van der Waals surface area contributed by atoms with Crippen LogP contribution in [0, 0.1) is 0 Å². The highest BCUT2D eigenvalue weighted by Gasteiger charge is 2.35. The molecule has 0 aliphatic carbocycles. The zero-order valence-corrected chi connectivity index (χ0v) is 15.7. The molecule has 2 rings (SSSR count). The molecule has 2 aromatic carbocycles. The number of halogens is 3. The highest BCUT2D eigenvalue weighted by Crippen LogP contribution is 2.32. The smallest absolute Gasteiger partial charge is 0.416 e. The first-order valence-corrected chi connectivity index (χ1v) is 8.37. The van der Waals surface area contributed by atoms with Gasteiger partial charge >= 0.3 is 6.18 Å². The Kier molecular flexibility index (Phi) is 6.03. The molecule has 4 nitrogen and oxygen atoms in total. The first-order chi connectivity index (χ1) is 12.5. The van der Waals surface area contributed by atoms with Crippen LogP contribution in [0.5, 0.6) is 5.75 Å². The molecule has 0 spiro atoms. The lowest BCUT2D eigenvalue weighted by Crippen LogP contribution is -2.48. The van der Waals surface area contributed by atoms with Gasteiger partial charge in [0.25, 0.3) is 0 Å². The van der Waals surface area contributed by atoms with Crippen LogP contribution in [0.25, 0.3) is 0 Å². The summed E-state index contributed by atoms with van der Waals surface area (Å²) in [5, 5.41) is 3.11. The van der Waals surface area contributed by atoms with Crippen molar-refractivity contribution in [1.29, 1.82) is 0 Å². The van der Waals surface area contributed by atoms with E-state index in [2.05, 4.69) is 5.32 Å². The van der Waals surface area contributed by atoms with Crippen molar-refractivity contribution in [3.63, 3.8) is 0 Å². The lowest BCUT2D eigenvalue weighted by molar-refractivity contribution is -0.140. The molecule has 0 unspecified atom stereocenters. The summed E-state index contributed by atoms with van der Waals surface area (Å²) < 4.78 is 44.6. The van der Waals surface area contributed by atoms with Crippen LogP contribution in [0.4, 0.5) is 18.9 Å². The average Bonchev–Trinajstić information content (AvgIpc) is 2.61. The third-order valence-corrected chi connectivity index (χ3v) is 4.16. The normalized spacial score (nSPS) is 11.8. The largest absolute Gasteiger partial charge is 0.497 e. The van der Waals surface area contributed by atoms with Crippen molar-refractivity contribution in [1.82, 2.24) is 4.90 Å². The van der Waals surface area contributed by atoms with Crippen LogP contribution in [0.1, 0.15) is 25.0 Å². The predicted octanol–water partition coefficient (Wildman–Crippen LogP) is 4.56. The number of anilines is 1. The van der Waals surface area contributed by atoms with E-state index in [1.165, 1.54) is 30.1 Å². The summed E-state index contributed by atoms with van der Waals surface area (Å²) in [5.74, 6) is 0.362. The molecule has 0 aliphatic rings. The van der Waals surface area contributed by atoms with Crippen LogP contribution in [-0.4, -0.2) is 30.5 Å². The Bertz CT molecular complexity index is 787. The number of nitrogens with zero attached hydrogens (tertiary/aromatic N) is 1. The van der Waals surface area contributed by atoms with E-state index in [1.807, 2.05) is 0 Å². The number of hydrogen-bond acceptors (Lipinski definition) is 3.